The van der Waals surface area contributed by atoms with Crippen LogP contribution in [-0.2, 0) is 0 Å². The summed E-state index contributed by atoms with van der Waals surface area (Å²) in [6, 6.07) is 78.9. The van der Waals surface area contributed by atoms with Gasteiger partial charge in [-0.1, -0.05) is 176 Å². The average Bonchev–Trinajstić information content (AvgIpc) is 3.58. The predicted octanol–water partition coefficient (Wildman–Crippen LogP) is 14.4. The Morgan fingerprint density at radius 3 is 1.63 bits per heavy atom. The normalized spacial score (nSPS) is 11.3. The van der Waals surface area contributed by atoms with Gasteiger partial charge in [-0.25, -0.2) is 0 Å². The lowest BCUT2D eigenvalue weighted by molar-refractivity contribution is 1.18. The van der Waals surface area contributed by atoms with Crippen molar-refractivity contribution in [2.24, 2.45) is 0 Å². The van der Waals surface area contributed by atoms with Crippen LogP contribution in [0.5, 0.6) is 0 Å². The minimum atomic E-state index is 1.09. The highest BCUT2D eigenvalue weighted by molar-refractivity contribution is 6.11. The van der Waals surface area contributed by atoms with Crippen LogP contribution in [0.4, 0.5) is 17.1 Å². The molecule has 254 valence electrons. The third-order valence-corrected chi connectivity index (χ3v) is 10.6. The molecule has 54 heavy (non-hydrogen) atoms. The topological polar surface area (TPSA) is 8.17 Å². The highest BCUT2D eigenvalue weighted by Gasteiger charge is 2.23. The summed E-state index contributed by atoms with van der Waals surface area (Å²) in [7, 11) is 0. The molecule has 0 saturated carbocycles. The van der Waals surface area contributed by atoms with Crippen molar-refractivity contribution in [1.82, 2.24) is 4.57 Å². The maximum atomic E-state index is 2.46. The van der Waals surface area contributed by atoms with E-state index < -0.39 is 0 Å². The fraction of sp³-hybridized carbons (Fsp3) is 0. The van der Waals surface area contributed by atoms with Gasteiger partial charge in [0.05, 0.1) is 22.4 Å². The fourth-order valence-corrected chi connectivity index (χ4v) is 8.10. The summed E-state index contributed by atoms with van der Waals surface area (Å²) in [5, 5.41) is 4.92. The Morgan fingerprint density at radius 1 is 0.315 bits per heavy atom. The maximum absolute atomic E-state index is 2.46. The van der Waals surface area contributed by atoms with Crippen molar-refractivity contribution in [2.75, 3.05) is 4.90 Å². The molecule has 0 amide bonds. The van der Waals surface area contributed by atoms with Gasteiger partial charge in [-0.05, 0) is 75.5 Å². The van der Waals surface area contributed by atoms with Crippen molar-refractivity contribution >= 4 is 49.6 Å². The molecule has 0 atom stereocenters. The Bertz CT molecular complexity index is 2920. The Morgan fingerprint density at radius 2 is 0.852 bits per heavy atom. The molecule has 10 aromatic rings. The maximum Gasteiger partial charge on any atom is 0.0561 e. The minimum Gasteiger partial charge on any atom is -0.309 e. The van der Waals surface area contributed by atoms with Gasteiger partial charge in [-0.15, -0.1) is 0 Å². The van der Waals surface area contributed by atoms with Gasteiger partial charge < -0.3 is 9.47 Å². The minimum absolute atomic E-state index is 1.09. The van der Waals surface area contributed by atoms with Crippen molar-refractivity contribution in [3.8, 4) is 39.1 Å². The number of hydrogen-bond acceptors (Lipinski definition) is 1. The lowest BCUT2D eigenvalue weighted by Gasteiger charge is -2.30. The van der Waals surface area contributed by atoms with Crippen molar-refractivity contribution in [2.45, 2.75) is 0 Å². The van der Waals surface area contributed by atoms with Crippen LogP contribution in [0, 0.1) is 0 Å². The van der Waals surface area contributed by atoms with Gasteiger partial charge in [-0.3, -0.25) is 0 Å². The van der Waals surface area contributed by atoms with Crippen LogP contribution >= 0.6 is 0 Å². The highest BCUT2D eigenvalue weighted by Crippen LogP contribution is 2.47. The molecule has 2 heteroatoms. The van der Waals surface area contributed by atoms with E-state index in [1.165, 1.54) is 60.4 Å². The van der Waals surface area contributed by atoms with E-state index >= 15 is 0 Å². The lowest BCUT2D eigenvalue weighted by Crippen LogP contribution is -2.12. The number of aromatic nitrogens is 1. The number of fused-ring (bicyclic) bond motifs is 4. The molecule has 9 aromatic carbocycles. The largest absolute Gasteiger partial charge is 0.309 e. The standard InChI is InChI=1S/C52H36N2/c1-3-16-37(17-4-1)38-30-32-41(33-31-38)53-51-29-14-11-25-47(51)48-35-34-42(36-52(48)53)54(49-27-12-9-23-44(49)40-18-5-2-6-19-40)50-28-13-10-24-46(50)45-26-15-21-39-20-7-8-22-43(39)45/h1-36H. The summed E-state index contributed by atoms with van der Waals surface area (Å²) >= 11 is 0. The number of nitrogens with zero attached hydrogens (tertiary/aromatic N) is 2. The summed E-state index contributed by atoms with van der Waals surface area (Å²) in [6.07, 6.45) is 0. The summed E-state index contributed by atoms with van der Waals surface area (Å²) in [5.41, 5.74) is 13.9. The summed E-state index contributed by atoms with van der Waals surface area (Å²) in [5.74, 6) is 0. The number of benzene rings is 9. The van der Waals surface area contributed by atoms with E-state index in [2.05, 4.69) is 228 Å². The predicted molar refractivity (Wildman–Crippen MR) is 229 cm³/mol. The van der Waals surface area contributed by atoms with E-state index in [0.717, 1.165) is 28.3 Å². The molecule has 0 bridgehead atoms. The van der Waals surface area contributed by atoms with Crippen LogP contribution < -0.4 is 4.90 Å². The van der Waals surface area contributed by atoms with Gasteiger partial charge in [0, 0.05) is 33.3 Å². The van der Waals surface area contributed by atoms with Gasteiger partial charge in [0.2, 0.25) is 0 Å². The fourth-order valence-electron chi connectivity index (χ4n) is 8.10. The van der Waals surface area contributed by atoms with Crippen LogP contribution in [0.15, 0.2) is 218 Å². The van der Waals surface area contributed by atoms with Crippen molar-refractivity contribution in [3.05, 3.63) is 218 Å². The van der Waals surface area contributed by atoms with Gasteiger partial charge >= 0.3 is 0 Å². The van der Waals surface area contributed by atoms with Crippen molar-refractivity contribution in [3.63, 3.8) is 0 Å². The number of rotatable bonds is 7. The van der Waals surface area contributed by atoms with Gasteiger partial charge in [0.1, 0.15) is 0 Å². The van der Waals surface area contributed by atoms with Crippen LogP contribution in [0.2, 0.25) is 0 Å². The van der Waals surface area contributed by atoms with Crippen LogP contribution in [0.3, 0.4) is 0 Å². The molecular weight excluding hydrogens is 653 g/mol. The number of para-hydroxylation sites is 3. The first kappa shape index (κ1) is 31.6. The monoisotopic (exact) mass is 688 g/mol. The third-order valence-electron chi connectivity index (χ3n) is 10.6. The Balaban J connectivity index is 1.23. The van der Waals surface area contributed by atoms with E-state index in [9.17, 15) is 0 Å². The van der Waals surface area contributed by atoms with E-state index in [0.29, 0.717) is 0 Å². The Labute approximate surface area is 315 Å². The van der Waals surface area contributed by atoms with Crippen LogP contribution in [-0.4, -0.2) is 4.57 Å². The summed E-state index contributed by atoms with van der Waals surface area (Å²) in [6.45, 7) is 0. The Hall–Kier alpha value is -7.16. The first-order chi connectivity index (χ1) is 26.8. The molecule has 0 aliphatic rings. The summed E-state index contributed by atoms with van der Waals surface area (Å²) in [4.78, 5) is 2.46. The SMILES string of the molecule is c1ccc(-c2ccc(-n3c4ccccc4c4ccc(N(c5ccccc5-c5ccccc5)c5ccccc5-c5cccc6ccccc56)cc43)cc2)cc1. The zero-order valence-electron chi connectivity index (χ0n) is 29.7. The quantitative estimate of drug-likeness (QED) is 0.162. The molecule has 0 fully saturated rings. The molecule has 1 aromatic heterocycles. The zero-order chi connectivity index (χ0) is 35.8. The summed E-state index contributed by atoms with van der Waals surface area (Å²) < 4.78 is 2.42. The van der Waals surface area contributed by atoms with Gasteiger partial charge in [0.25, 0.3) is 0 Å². The molecule has 0 aliphatic heterocycles. The van der Waals surface area contributed by atoms with Crippen LogP contribution in [0.1, 0.15) is 0 Å². The smallest absolute Gasteiger partial charge is 0.0561 e. The molecule has 10 rings (SSSR count). The lowest BCUT2D eigenvalue weighted by atomic mass is 9.95. The van der Waals surface area contributed by atoms with Gasteiger partial charge in [-0.2, -0.15) is 0 Å². The number of hydrogen-bond donors (Lipinski definition) is 0. The molecule has 2 nitrogen and oxygen atoms in total. The second-order valence-corrected chi connectivity index (χ2v) is 13.7. The zero-order valence-corrected chi connectivity index (χ0v) is 29.7. The van der Waals surface area contributed by atoms with Crippen molar-refractivity contribution < 1.29 is 0 Å². The molecular formula is C52H36N2. The van der Waals surface area contributed by atoms with E-state index in [1.54, 1.807) is 0 Å². The number of anilines is 3. The molecule has 0 N–H and O–H groups in total. The molecule has 0 unspecified atom stereocenters. The Kier molecular flexibility index (Phi) is 7.85. The molecule has 0 radical (unpaired) electrons. The first-order valence-corrected chi connectivity index (χ1v) is 18.5. The van der Waals surface area contributed by atoms with E-state index in [4.69, 9.17) is 0 Å². The third kappa shape index (κ3) is 5.44. The van der Waals surface area contributed by atoms with Gasteiger partial charge in [0.15, 0.2) is 0 Å². The molecule has 0 spiro atoms. The average molecular weight is 689 g/mol. The van der Waals surface area contributed by atoms with E-state index in [1.807, 2.05) is 0 Å². The highest BCUT2D eigenvalue weighted by atomic mass is 15.1. The second-order valence-electron chi connectivity index (χ2n) is 13.7. The molecule has 1 heterocycles. The van der Waals surface area contributed by atoms with Crippen molar-refractivity contribution in [1.29, 1.82) is 0 Å². The second kappa shape index (κ2) is 13.4. The molecule has 0 aliphatic carbocycles. The molecule has 0 saturated heterocycles. The van der Waals surface area contributed by atoms with Crippen LogP contribution in [0.25, 0.3) is 71.6 Å². The first-order valence-electron chi connectivity index (χ1n) is 18.5. The van der Waals surface area contributed by atoms with E-state index in [-0.39, 0.29) is 0 Å².